The Labute approximate surface area is 86.3 Å². The topological polar surface area (TPSA) is 46.6 Å². The summed E-state index contributed by atoms with van der Waals surface area (Å²) in [7, 11) is 0. The van der Waals surface area contributed by atoms with Crippen LogP contribution in [0.2, 0.25) is 0 Å². The SMILES string of the molecule is CCOC(=O)C1=CCS[C@@H]2CC(=O)N12. The molecule has 1 atom stereocenters. The lowest BCUT2D eigenvalue weighted by molar-refractivity contribution is -0.148. The van der Waals surface area contributed by atoms with Crippen LogP contribution in [0.4, 0.5) is 0 Å². The molecular formula is C9H11NO3S. The first-order valence-electron chi connectivity index (χ1n) is 4.55. The van der Waals surface area contributed by atoms with Gasteiger partial charge in [-0.15, -0.1) is 11.8 Å². The molecule has 0 N–H and O–H groups in total. The number of amides is 1. The number of carbonyl (C=O) groups is 2. The second kappa shape index (κ2) is 3.65. The van der Waals surface area contributed by atoms with E-state index >= 15 is 0 Å². The highest BCUT2D eigenvalue weighted by Gasteiger charge is 2.43. The number of thioether (sulfide) groups is 1. The minimum atomic E-state index is -0.383. The molecule has 0 saturated carbocycles. The van der Waals surface area contributed by atoms with Crippen LogP contribution in [-0.2, 0) is 14.3 Å². The third-order valence-corrected chi connectivity index (χ3v) is 3.34. The lowest BCUT2D eigenvalue weighted by atomic mass is 10.1. The van der Waals surface area contributed by atoms with E-state index in [1.165, 1.54) is 4.90 Å². The molecule has 14 heavy (non-hydrogen) atoms. The molecule has 2 aliphatic heterocycles. The van der Waals surface area contributed by atoms with Crippen molar-refractivity contribution < 1.29 is 14.3 Å². The van der Waals surface area contributed by atoms with E-state index in [9.17, 15) is 9.59 Å². The van der Waals surface area contributed by atoms with Crippen LogP contribution in [0.1, 0.15) is 13.3 Å². The normalized spacial score (nSPS) is 24.9. The third-order valence-electron chi connectivity index (χ3n) is 2.22. The highest BCUT2D eigenvalue weighted by Crippen LogP contribution is 2.37. The van der Waals surface area contributed by atoms with Gasteiger partial charge in [0.15, 0.2) is 0 Å². The second-order valence-electron chi connectivity index (χ2n) is 3.07. The summed E-state index contributed by atoms with van der Waals surface area (Å²) in [5, 5.41) is 0.159. The van der Waals surface area contributed by atoms with Crippen LogP contribution in [0.25, 0.3) is 0 Å². The van der Waals surface area contributed by atoms with E-state index < -0.39 is 0 Å². The van der Waals surface area contributed by atoms with Gasteiger partial charge in [0, 0.05) is 5.75 Å². The Kier molecular flexibility index (Phi) is 2.50. The Balaban J connectivity index is 2.13. The average Bonchev–Trinajstić information content (AvgIpc) is 2.16. The van der Waals surface area contributed by atoms with Crippen molar-refractivity contribution in [2.45, 2.75) is 18.7 Å². The number of hydrogen-bond donors (Lipinski definition) is 0. The molecule has 0 radical (unpaired) electrons. The van der Waals surface area contributed by atoms with Crippen molar-refractivity contribution >= 4 is 23.6 Å². The molecule has 1 saturated heterocycles. The number of ether oxygens (including phenoxy) is 1. The van der Waals surface area contributed by atoms with Crippen molar-refractivity contribution in [2.24, 2.45) is 0 Å². The molecule has 0 aromatic rings. The molecule has 0 aromatic heterocycles. The quantitative estimate of drug-likeness (QED) is 0.501. The standard InChI is InChI=1S/C9H11NO3S/c1-2-13-9(12)6-3-4-14-8-5-7(11)10(6)8/h3,8H,2,4-5H2,1H3/t8-/m1/s1. The third kappa shape index (κ3) is 1.41. The van der Waals surface area contributed by atoms with Crippen LogP contribution < -0.4 is 0 Å². The Bertz CT molecular complexity index is 313. The van der Waals surface area contributed by atoms with E-state index in [-0.39, 0.29) is 17.3 Å². The molecule has 0 spiro atoms. The number of fused-ring (bicyclic) bond motifs is 1. The zero-order chi connectivity index (χ0) is 10.1. The summed E-state index contributed by atoms with van der Waals surface area (Å²) < 4.78 is 4.87. The molecular weight excluding hydrogens is 202 g/mol. The van der Waals surface area contributed by atoms with Crippen molar-refractivity contribution in [1.82, 2.24) is 4.90 Å². The van der Waals surface area contributed by atoms with Crippen molar-refractivity contribution in [2.75, 3.05) is 12.4 Å². The van der Waals surface area contributed by atoms with Gasteiger partial charge in [-0.05, 0) is 13.0 Å². The average molecular weight is 213 g/mol. The smallest absolute Gasteiger partial charge is 0.354 e. The summed E-state index contributed by atoms with van der Waals surface area (Å²) in [6.07, 6.45) is 2.30. The van der Waals surface area contributed by atoms with Gasteiger partial charge >= 0.3 is 5.97 Å². The van der Waals surface area contributed by atoms with Crippen LogP contribution in [0, 0.1) is 0 Å². The van der Waals surface area contributed by atoms with Crippen LogP contribution in [0.5, 0.6) is 0 Å². The molecule has 0 aromatic carbocycles. The Morgan fingerprint density at radius 3 is 3.21 bits per heavy atom. The van der Waals surface area contributed by atoms with E-state index in [2.05, 4.69) is 0 Å². The molecule has 0 unspecified atom stereocenters. The maximum atomic E-state index is 11.4. The fourth-order valence-corrected chi connectivity index (χ4v) is 2.65. The van der Waals surface area contributed by atoms with Gasteiger partial charge in [0.2, 0.25) is 5.91 Å². The minimum Gasteiger partial charge on any atom is -0.461 e. The molecule has 76 valence electrons. The number of esters is 1. The van der Waals surface area contributed by atoms with Gasteiger partial charge in [-0.25, -0.2) is 4.79 Å². The highest BCUT2D eigenvalue weighted by atomic mass is 32.2. The van der Waals surface area contributed by atoms with Gasteiger partial charge in [0.25, 0.3) is 0 Å². The number of carbonyl (C=O) groups excluding carboxylic acids is 2. The predicted octanol–water partition coefficient (Wildman–Crippen LogP) is 0.739. The molecule has 2 heterocycles. The van der Waals surface area contributed by atoms with Gasteiger partial charge in [-0.1, -0.05) is 0 Å². The molecule has 4 nitrogen and oxygen atoms in total. The zero-order valence-corrected chi connectivity index (χ0v) is 8.67. The van der Waals surface area contributed by atoms with Gasteiger partial charge in [-0.2, -0.15) is 0 Å². The largest absolute Gasteiger partial charge is 0.461 e. The van der Waals surface area contributed by atoms with Gasteiger partial charge in [0.1, 0.15) is 5.70 Å². The molecule has 1 amide bonds. The van der Waals surface area contributed by atoms with Crippen LogP contribution >= 0.6 is 11.8 Å². The molecule has 0 bridgehead atoms. The zero-order valence-electron chi connectivity index (χ0n) is 7.86. The van der Waals surface area contributed by atoms with E-state index in [0.717, 1.165) is 5.75 Å². The van der Waals surface area contributed by atoms with Crippen LogP contribution in [0.3, 0.4) is 0 Å². The van der Waals surface area contributed by atoms with Gasteiger partial charge in [-0.3, -0.25) is 9.69 Å². The van der Waals surface area contributed by atoms with Gasteiger partial charge < -0.3 is 4.74 Å². The summed E-state index contributed by atoms with van der Waals surface area (Å²) in [6.45, 7) is 2.10. The van der Waals surface area contributed by atoms with E-state index in [1.54, 1.807) is 24.8 Å². The van der Waals surface area contributed by atoms with Crippen molar-refractivity contribution in [3.05, 3.63) is 11.8 Å². The molecule has 0 aliphatic carbocycles. The first kappa shape index (κ1) is 9.58. The van der Waals surface area contributed by atoms with Crippen molar-refractivity contribution in [3.8, 4) is 0 Å². The fraction of sp³-hybridized carbons (Fsp3) is 0.556. The maximum absolute atomic E-state index is 11.4. The Morgan fingerprint density at radius 2 is 2.57 bits per heavy atom. The monoisotopic (exact) mass is 213 g/mol. The van der Waals surface area contributed by atoms with Crippen LogP contribution in [0.15, 0.2) is 11.8 Å². The molecule has 1 fully saturated rings. The minimum absolute atomic E-state index is 0.0153. The second-order valence-corrected chi connectivity index (χ2v) is 4.28. The van der Waals surface area contributed by atoms with Gasteiger partial charge in [0.05, 0.1) is 18.4 Å². The summed E-state index contributed by atoms with van der Waals surface area (Å²) >= 11 is 1.68. The summed E-state index contributed by atoms with van der Waals surface area (Å²) in [5.41, 5.74) is 0.423. The molecule has 2 aliphatic rings. The first-order valence-corrected chi connectivity index (χ1v) is 5.60. The first-order chi connectivity index (χ1) is 6.74. The maximum Gasteiger partial charge on any atom is 0.354 e. The predicted molar refractivity (Wildman–Crippen MR) is 52.4 cm³/mol. The van der Waals surface area contributed by atoms with E-state index in [1.807, 2.05) is 0 Å². The van der Waals surface area contributed by atoms with Crippen LogP contribution in [-0.4, -0.2) is 34.5 Å². The number of β-lactam (4-membered cyclic amide) rings is 1. The van der Waals surface area contributed by atoms with E-state index in [4.69, 9.17) is 4.74 Å². The summed E-state index contributed by atoms with van der Waals surface area (Å²) in [4.78, 5) is 24.2. The van der Waals surface area contributed by atoms with E-state index in [0.29, 0.717) is 18.7 Å². The highest BCUT2D eigenvalue weighted by molar-refractivity contribution is 8.00. The van der Waals surface area contributed by atoms with Crippen molar-refractivity contribution in [3.63, 3.8) is 0 Å². The number of rotatable bonds is 2. The summed E-state index contributed by atoms with van der Waals surface area (Å²) in [6, 6.07) is 0. The lowest BCUT2D eigenvalue weighted by Gasteiger charge is -2.42. The fourth-order valence-electron chi connectivity index (χ4n) is 1.53. The Morgan fingerprint density at radius 1 is 1.79 bits per heavy atom. The summed E-state index contributed by atoms with van der Waals surface area (Å²) in [5.74, 6) is 0.412. The lowest BCUT2D eigenvalue weighted by Crippen LogP contribution is -2.53. The molecule has 5 heteroatoms. The number of hydrogen-bond acceptors (Lipinski definition) is 4. The molecule has 2 rings (SSSR count). The van der Waals surface area contributed by atoms with Crippen molar-refractivity contribution in [1.29, 1.82) is 0 Å². The Hall–Kier alpha value is -0.970. The number of nitrogens with zero attached hydrogens (tertiary/aromatic N) is 1.